The Balaban J connectivity index is 2.07. The maximum Gasteiger partial charge on any atom is 0.240 e. The van der Waals surface area contributed by atoms with Crippen LogP contribution in [0.15, 0.2) is 30.5 Å². The number of benzene rings is 1. The van der Waals surface area contributed by atoms with Gasteiger partial charge in [0.05, 0.1) is 6.20 Å². The fourth-order valence-corrected chi connectivity index (χ4v) is 1.53. The Bertz CT molecular complexity index is 533. The lowest BCUT2D eigenvalue weighted by atomic mass is 10.2. The zero-order valence-corrected chi connectivity index (χ0v) is 10.7. The van der Waals surface area contributed by atoms with Crippen molar-refractivity contribution < 1.29 is 4.74 Å². The van der Waals surface area contributed by atoms with Crippen LogP contribution in [0.4, 0.5) is 5.95 Å². The number of hydrazine groups is 1. The molecule has 0 amide bonds. The minimum atomic E-state index is 0.241. The molecule has 0 bridgehead atoms. The number of nitrogens with zero attached hydrogens (tertiary/aromatic N) is 2. The largest absolute Gasteiger partial charge is 0.472 e. The van der Waals surface area contributed by atoms with Crippen molar-refractivity contribution in [2.75, 3.05) is 5.43 Å². The summed E-state index contributed by atoms with van der Waals surface area (Å²) in [5.41, 5.74) is 3.28. The van der Waals surface area contributed by atoms with Gasteiger partial charge in [0, 0.05) is 5.02 Å². The van der Waals surface area contributed by atoms with Gasteiger partial charge in [0.1, 0.15) is 11.6 Å². The smallest absolute Gasteiger partial charge is 0.240 e. The number of hydrogen-bond donors (Lipinski definition) is 2. The second-order valence-electron chi connectivity index (χ2n) is 3.41. The minimum Gasteiger partial charge on any atom is -0.472 e. The number of ether oxygens (including phenoxy) is 1. The van der Waals surface area contributed by atoms with E-state index < -0.39 is 0 Å². The van der Waals surface area contributed by atoms with Gasteiger partial charge in [-0.3, -0.25) is 5.43 Å². The van der Waals surface area contributed by atoms with Crippen molar-refractivity contribution in [1.82, 2.24) is 9.97 Å². The summed E-state index contributed by atoms with van der Waals surface area (Å²) in [6, 6.07) is 7.29. The lowest BCUT2D eigenvalue weighted by Gasteiger charge is -2.08. The van der Waals surface area contributed by atoms with Crippen LogP contribution >= 0.6 is 23.2 Å². The van der Waals surface area contributed by atoms with E-state index in [1.165, 1.54) is 6.20 Å². The average Bonchev–Trinajstić information content (AvgIpc) is 2.40. The average molecular weight is 285 g/mol. The predicted molar refractivity (Wildman–Crippen MR) is 70.6 cm³/mol. The highest BCUT2D eigenvalue weighted by Crippen LogP contribution is 2.22. The number of rotatable bonds is 4. The summed E-state index contributed by atoms with van der Waals surface area (Å²) >= 11 is 11.7. The predicted octanol–water partition coefficient (Wildman–Crippen LogP) is 2.65. The Morgan fingerprint density at radius 1 is 1.22 bits per heavy atom. The highest BCUT2D eigenvalue weighted by atomic mass is 35.5. The Hall–Kier alpha value is -1.56. The molecule has 0 aliphatic heterocycles. The van der Waals surface area contributed by atoms with Crippen molar-refractivity contribution in [2.24, 2.45) is 5.84 Å². The summed E-state index contributed by atoms with van der Waals surface area (Å²) in [5.74, 6) is 5.72. The molecule has 0 fully saturated rings. The maximum absolute atomic E-state index is 5.90. The lowest BCUT2D eigenvalue weighted by molar-refractivity contribution is 0.294. The molecule has 0 aliphatic rings. The van der Waals surface area contributed by atoms with E-state index in [0.29, 0.717) is 16.7 Å². The SMILES string of the molecule is NNc1ncc(Cl)c(OCc2ccc(Cl)cc2)n1. The highest BCUT2D eigenvalue weighted by molar-refractivity contribution is 6.31. The number of nitrogens with one attached hydrogen (secondary N) is 1. The van der Waals surface area contributed by atoms with Crippen LogP contribution in [0.25, 0.3) is 0 Å². The van der Waals surface area contributed by atoms with E-state index in [0.717, 1.165) is 5.56 Å². The van der Waals surface area contributed by atoms with Gasteiger partial charge in [-0.2, -0.15) is 4.98 Å². The van der Waals surface area contributed by atoms with Crippen LogP contribution in [0.3, 0.4) is 0 Å². The van der Waals surface area contributed by atoms with E-state index >= 15 is 0 Å². The first-order valence-corrected chi connectivity index (χ1v) is 5.81. The normalized spacial score (nSPS) is 10.2. The third-order valence-corrected chi connectivity index (χ3v) is 2.64. The van der Waals surface area contributed by atoms with Crippen LogP contribution in [0.5, 0.6) is 5.88 Å². The Morgan fingerprint density at radius 3 is 2.61 bits per heavy atom. The van der Waals surface area contributed by atoms with E-state index in [2.05, 4.69) is 15.4 Å². The Kier molecular flexibility index (Phi) is 4.19. The number of nitrogens with two attached hydrogens (primary N) is 1. The molecule has 1 heterocycles. The van der Waals surface area contributed by atoms with E-state index in [9.17, 15) is 0 Å². The molecule has 18 heavy (non-hydrogen) atoms. The van der Waals surface area contributed by atoms with Gasteiger partial charge in [0.25, 0.3) is 0 Å². The third-order valence-electron chi connectivity index (χ3n) is 2.13. The van der Waals surface area contributed by atoms with Crippen LogP contribution in [-0.2, 0) is 6.61 Å². The first-order valence-electron chi connectivity index (χ1n) is 5.05. The van der Waals surface area contributed by atoms with E-state index in [1.807, 2.05) is 12.1 Å². The number of halogens is 2. The van der Waals surface area contributed by atoms with Crippen LogP contribution in [0.1, 0.15) is 5.56 Å². The number of anilines is 1. The number of nitrogen functional groups attached to an aromatic ring is 1. The second-order valence-corrected chi connectivity index (χ2v) is 4.25. The standard InChI is InChI=1S/C11H10Cl2N4O/c12-8-3-1-7(2-4-8)6-18-10-9(13)5-15-11(16-10)17-14/h1-5H,6,14H2,(H,15,16,17). The van der Waals surface area contributed by atoms with Gasteiger partial charge >= 0.3 is 0 Å². The van der Waals surface area contributed by atoms with Gasteiger partial charge in [-0.1, -0.05) is 35.3 Å². The van der Waals surface area contributed by atoms with Gasteiger partial charge < -0.3 is 4.74 Å². The summed E-state index contributed by atoms with van der Waals surface area (Å²) in [6.07, 6.45) is 1.42. The molecule has 0 radical (unpaired) electrons. The van der Waals surface area contributed by atoms with E-state index in [1.54, 1.807) is 12.1 Å². The fourth-order valence-electron chi connectivity index (χ4n) is 1.25. The van der Waals surface area contributed by atoms with E-state index in [4.69, 9.17) is 33.8 Å². The topological polar surface area (TPSA) is 73.1 Å². The van der Waals surface area contributed by atoms with Crippen LogP contribution in [0.2, 0.25) is 10.0 Å². The van der Waals surface area contributed by atoms with Crippen LogP contribution in [-0.4, -0.2) is 9.97 Å². The van der Waals surface area contributed by atoms with Crippen molar-refractivity contribution in [3.05, 3.63) is 46.1 Å². The first-order chi connectivity index (χ1) is 8.69. The van der Waals surface area contributed by atoms with Crippen molar-refractivity contribution in [2.45, 2.75) is 6.61 Å². The van der Waals surface area contributed by atoms with Gasteiger partial charge in [0.15, 0.2) is 0 Å². The molecule has 0 saturated carbocycles. The molecule has 0 atom stereocenters. The second kappa shape index (κ2) is 5.86. The zero-order chi connectivity index (χ0) is 13.0. The third kappa shape index (κ3) is 3.22. The molecule has 1 aromatic heterocycles. The maximum atomic E-state index is 5.90. The summed E-state index contributed by atoms with van der Waals surface area (Å²) in [7, 11) is 0. The van der Waals surface area contributed by atoms with Crippen LogP contribution in [0, 0.1) is 0 Å². The molecule has 7 heteroatoms. The van der Waals surface area contributed by atoms with Gasteiger partial charge in [-0.25, -0.2) is 10.8 Å². The molecule has 0 unspecified atom stereocenters. The zero-order valence-electron chi connectivity index (χ0n) is 9.23. The first kappa shape index (κ1) is 12.9. The Labute approximate surface area is 114 Å². The molecule has 2 rings (SSSR count). The number of hydrogen-bond acceptors (Lipinski definition) is 5. The monoisotopic (exact) mass is 284 g/mol. The van der Waals surface area contributed by atoms with Crippen molar-refractivity contribution >= 4 is 29.2 Å². The molecular weight excluding hydrogens is 275 g/mol. The van der Waals surface area contributed by atoms with Crippen molar-refractivity contribution in [3.63, 3.8) is 0 Å². The molecule has 0 spiro atoms. The fraction of sp³-hybridized carbons (Fsp3) is 0.0909. The molecule has 0 aliphatic carbocycles. The molecule has 5 nitrogen and oxygen atoms in total. The quantitative estimate of drug-likeness (QED) is 0.667. The summed E-state index contributed by atoms with van der Waals surface area (Å²) in [6.45, 7) is 0.331. The highest BCUT2D eigenvalue weighted by Gasteiger charge is 2.06. The van der Waals surface area contributed by atoms with E-state index in [-0.39, 0.29) is 11.8 Å². The summed E-state index contributed by atoms with van der Waals surface area (Å²) < 4.78 is 5.48. The van der Waals surface area contributed by atoms with Crippen molar-refractivity contribution in [1.29, 1.82) is 0 Å². The summed E-state index contributed by atoms with van der Waals surface area (Å²) in [5, 5.41) is 0.997. The van der Waals surface area contributed by atoms with Crippen LogP contribution < -0.4 is 16.0 Å². The molecule has 3 N–H and O–H groups in total. The lowest BCUT2D eigenvalue weighted by Crippen LogP contribution is -2.11. The Morgan fingerprint density at radius 2 is 1.94 bits per heavy atom. The van der Waals surface area contributed by atoms with Gasteiger partial charge in [0.2, 0.25) is 11.8 Å². The molecule has 0 saturated heterocycles. The molecule has 1 aromatic carbocycles. The summed E-state index contributed by atoms with van der Waals surface area (Å²) in [4.78, 5) is 7.84. The molecular formula is C11H10Cl2N4O. The van der Waals surface area contributed by atoms with Gasteiger partial charge in [-0.05, 0) is 17.7 Å². The molecule has 94 valence electrons. The van der Waals surface area contributed by atoms with Gasteiger partial charge in [-0.15, -0.1) is 0 Å². The minimum absolute atomic E-state index is 0.241. The number of aromatic nitrogens is 2. The van der Waals surface area contributed by atoms with Crippen molar-refractivity contribution in [3.8, 4) is 5.88 Å². The molecule has 2 aromatic rings.